The third-order valence-corrected chi connectivity index (χ3v) is 2.00. The molecule has 2 unspecified atom stereocenters. The average molecular weight is 280 g/mol. The van der Waals surface area contributed by atoms with Crippen molar-refractivity contribution >= 4 is 31.9 Å². The molecular weight excluding hydrogens is 272 g/mol. The van der Waals surface area contributed by atoms with E-state index in [1.54, 1.807) is 0 Å². The topological polar surface area (TPSA) is 80.9 Å². The molecule has 0 radical (unpaired) electrons. The predicted octanol–water partition coefficient (Wildman–Crippen LogP) is -0.865. The molecule has 0 heterocycles. The Balaban J connectivity index is 3.81. The fourth-order valence-corrected chi connectivity index (χ4v) is 0.951. The molecule has 4 atom stereocenters. The Hall–Kier alpha value is 0.800. The minimum Gasteiger partial charge on any atom is -0.387 e. The van der Waals surface area contributed by atoms with Crippen LogP contribution in [0.25, 0.3) is 0 Å². The van der Waals surface area contributed by atoms with Crippen LogP contribution in [-0.2, 0) is 0 Å². The van der Waals surface area contributed by atoms with Gasteiger partial charge < -0.3 is 20.4 Å². The van der Waals surface area contributed by atoms with Gasteiger partial charge in [0.05, 0.1) is 0 Å². The number of halogens is 2. The lowest BCUT2D eigenvalue weighted by atomic mass is 10.2. The number of aliphatic hydroxyl groups excluding tert-OH is 4. The maximum absolute atomic E-state index is 8.83. The van der Waals surface area contributed by atoms with Gasteiger partial charge in [-0.05, 0) is 0 Å². The molecule has 10 heavy (non-hydrogen) atoms. The Morgan fingerprint density at radius 1 is 0.700 bits per heavy atom. The predicted molar refractivity (Wildman–Crippen MR) is 41.9 cm³/mol. The van der Waals surface area contributed by atoms with Crippen molar-refractivity contribution in [1.29, 1.82) is 0 Å². The Labute approximate surface area is 74.7 Å². The highest BCUT2D eigenvalue weighted by molar-refractivity contribution is 9.09. The summed E-state index contributed by atoms with van der Waals surface area (Å²) >= 11 is 5.24. The fourth-order valence-electron chi connectivity index (χ4n) is 0.325. The molecule has 4 N–H and O–H groups in total. The monoisotopic (exact) mass is 278 g/mol. The summed E-state index contributed by atoms with van der Waals surface area (Å²) in [6.07, 6.45) is -2.82. The third-order valence-electron chi connectivity index (χ3n) is 0.914. The van der Waals surface area contributed by atoms with Gasteiger partial charge in [-0.2, -0.15) is 0 Å². The van der Waals surface area contributed by atoms with E-state index in [0.29, 0.717) is 0 Å². The van der Waals surface area contributed by atoms with Gasteiger partial charge in [0.25, 0.3) is 0 Å². The number of alkyl halides is 2. The van der Waals surface area contributed by atoms with E-state index in [9.17, 15) is 0 Å². The second-order valence-corrected chi connectivity index (χ2v) is 3.60. The van der Waals surface area contributed by atoms with Gasteiger partial charge in [0, 0.05) is 0 Å². The first-order valence-electron chi connectivity index (χ1n) is 2.47. The van der Waals surface area contributed by atoms with E-state index in [0.717, 1.165) is 0 Å². The molecule has 0 aliphatic carbocycles. The van der Waals surface area contributed by atoms with Crippen molar-refractivity contribution in [3.63, 3.8) is 0 Å². The van der Waals surface area contributed by atoms with Crippen molar-refractivity contribution in [2.75, 3.05) is 0 Å². The molecule has 0 aliphatic heterocycles. The van der Waals surface area contributed by atoms with Crippen molar-refractivity contribution in [3.05, 3.63) is 0 Å². The van der Waals surface area contributed by atoms with Gasteiger partial charge in [-0.25, -0.2) is 0 Å². The van der Waals surface area contributed by atoms with Crippen LogP contribution < -0.4 is 0 Å². The van der Waals surface area contributed by atoms with Crippen molar-refractivity contribution in [3.8, 4) is 0 Å². The van der Waals surface area contributed by atoms with E-state index in [1.807, 2.05) is 0 Å². The molecule has 4 nitrogen and oxygen atoms in total. The number of hydrogen-bond donors (Lipinski definition) is 4. The van der Waals surface area contributed by atoms with Gasteiger partial charge in [-0.3, -0.25) is 0 Å². The second kappa shape index (κ2) is 4.63. The largest absolute Gasteiger partial charge is 0.387 e. The summed E-state index contributed by atoms with van der Waals surface area (Å²) in [6.45, 7) is 0. The number of rotatable bonds is 3. The van der Waals surface area contributed by atoms with Gasteiger partial charge in [0.2, 0.25) is 0 Å². The molecule has 0 fully saturated rings. The standard InChI is InChI=1S/C4H8Br2O4/c5-3(9)1(7)2(8)4(6)10/h1-4,7-10H/t1-,2-,3?,4?/m0/s1. The molecule has 6 heteroatoms. The van der Waals surface area contributed by atoms with Gasteiger partial charge in [-0.1, -0.05) is 31.9 Å². The Morgan fingerprint density at radius 2 is 0.900 bits per heavy atom. The summed E-state index contributed by atoms with van der Waals surface area (Å²) < 4.78 is 0. The molecule has 62 valence electrons. The van der Waals surface area contributed by atoms with Crippen LogP contribution >= 0.6 is 31.9 Å². The molecule has 0 aromatic rings. The van der Waals surface area contributed by atoms with Crippen LogP contribution in [0.1, 0.15) is 0 Å². The molecule has 0 rings (SSSR count). The van der Waals surface area contributed by atoms with E-state index in [1.165, 1.54) is 0 Å². The van der Waals surface area contributed by atoms with E-state index >= 15 is 0 Å². The average Bonchev–Trinajstić information content (AvgIpc) is 1.84. The maximum Gasteiger partial charge on any atom is 0.137 e. The van der Waals surface area contributed by atoms with Crippen LogP contribution in [0, 0.1) is 0 Å². The highest BCUT2D eigenvalue weighted by Crippen LogP contribution is 2.12. The van der Waals surface area contributed by atoms with E-state index in [-0.39, 0.29) is 0 Å². The maximum atomic E-state index is 8.83. The first-order chi connectivity index (χ1) is 4.46. The highest BCUT2D eigenvalue weighted by Gasteiger charge is 2.26. The van der Waals surface area contributed by atoms with Crippen molar-refractivity contribution in [2.45, 2.75) is 22.2 Å². The van der Waals surface area contributed by atoms with E-state index in [4.69, 9.17) is 20.4 Å². The van der Waals surface area contributed by atoms with Crippen LogP contribution in [0.5, 0.6) is 0 Å². The fraction of sp³-hybridized carbons (Fsp3) is 1.00. The zero-order valence-electron chi connectivity index (χ0n) is 4.85. The van der Waals surface area contributed by atoms with Crippen LogP contribution in [0.4, 0.5) is 0 Å². The van der Waals surface area contributed by atoms with Crippen molar-refractivity contribution in [2.24, 2.45) is 0 Å². The Bertz CT molecular complexity index is 85.3. The summed E-state index contributed by atoms with van der Waals surface area (Å²) in [4.78, 5) is 0. The smallest absolute Gasteiger partial charge is 0.137 e. The third kappa shape index (κ3) is 3.27. The Kier molecular flexibility index (Phi) is 5.00. The minimum absolute atomic E-state index is 1.24. The SMILES string of the molecule is OC(Br)[C@@H](O)[C@H](O)C(O)Br. The normalized spacial score (nSPS) is 23.4. The summed E-state index contributed by atoms with van der Waals surface area (Å²) in [7, 11) is 0. The lowest BCUT2D eigenvalue weighted by Crippen LogP contribution is -2.39. The lowest BCUT2D eigenvalue weighted by Gasteiger charge is -2.19. The highest BCUT2D eigenvalue weighted by atomic mass is 79.9. The van der Waals surface area contributed by atoms with Crippen LogP contribution in [0.2, 0.25) is 0 Å². The molecule has 0 aromatic carbocycles. The zero-order valence-corrected chi connectivity index (χ0v) is 8.03. The molecule has 0 bridgehead atoms. The quantitative estimate of drug-likeness (QED) is 0.507. The van der Waals surface area contributed by atoms with Gasteiger partial charge in [0.1, 0.15) is 22.2 Å². The molecular formula is C4H8Br2O4. The van der Waals surface area contributed by atoms with Gasteiger partial charge in [0.15, 0.2) is 0 Å². The molecule has 0 aliphatic rings. The summed E-state index contributed by atoms with van der Waals surface area (Å²) in [5.74, 6) is 0. The van der Waals surface area contributed by atoms with Crippen LogP contribution in [-0.4, -0.2) is 42.7 Å². The number of hydrogen-bond acceptors (Lipinski definition) is 4. The van der Waals surface area contributed by atoms with E-state index < -0.39 is 22.2 Å². The molecule has 0 spiro atoms. The summed E-state index contributed by atoms with van der Waals surface area (Å²) in [5.41, 5.74) is 0. The molecule has 0 saturated carbocycles. The summed E-state index contributed by atoms with van der Waals surface area (Å²) in [6, 6.07) is 0. The van der Waals surface area contributed by atoms with E-state index in [2.05, 4.69) is 31.9 Å². The van der Waals surface area contributed by atoms with Crippen LogP contribution in [0.15, 0.2) is 0 Å². The second-order valence-electron chi connectivity index (χ2n) is 1.73. The lowest BCUT2D eigenvalue weighted by molar-refractivity contribution is -0.0551. The first-order valence-corrected chi connectivity index (χ1v) is 4.30. The van der Waals surface area contributed by atoms with Gasteiger partial charge in [-0.15, -0.1) is 0 Å². The first kappa shape index (κ1) is 10.8. The molecule has 0 aromatic heterocycles. The van der Waals surface area contributed by atoms with Crippen LogP contribution in [0.3, 0.4) is 0 Å². The van der Waals surface area contributed by atoms with Gasteiger partial charge >= 0.3 is 0 Å². The molecule has 0 saturated heterocycles. The van der Waals surface area contributed by atoms with Crippen molar-refractivity contribution < 1.29 is 20.4 Å². The minimum atomic E-state index is -1.41. The molecule has 0 amide bonds. The zero-order chi connectivity index (χ0) is 8.31. The van der Waals surface area contributed by atoms with Crippen molar-refractivity contribution in [1.82, 2.24) is 0 Å². The summed E-state index contributed by atoms with van der Waals surface area (Å²) in [5, 5.41) is 32.4. The number of aliphatic hydroxyl groups is 4. The Morgan fingerprint density at radius 3 is 1.00 bits per heavy atom.